The van der Waals surface area contributed by atoms with Gasteiger partial charge in [-0.25, -0.2) is 0 Å². The molecule has 0 saturated carbocycles. The third-order valence-corrected chi connectivity index (χ3v) is 10.6. The van der Waals surface area contributed by atoms with E-state index in [0.717, 1.165) is 35.1 Å². The Morgan fingerprint density at radius 2 is 1.38 bits per heavy atom. The van der Waals surface area contributed by atoms with Gasteiger partial charge in [0.05, 0.1) is 24.9 Å². The van der Waals surface area contributed by atoms with Gasteiger partial charge < -0.3 is 35.0 Å². The monoisotopic (exact) mass is 730 g/mol. The van der Waals surface area contributed by atoms with E-state index in [0.29, 0.717) is 31.6 Å². The molecule has 8 heteroatoms. The second kappa shape index (κ2) is 23.5. The molecule has 1 aliphatic heterocycles. The molecule has 5 atom stereocenters. The fourth-order valence-corrected chi connectivity index (χ4v) is 7.23. The minimum absolute atomic E-state index is 0.00372. The zero-order chi connectivity index (χ0) is 37.8. The van der Waals surface area contributed by atoms with Crippen molar-refractivity contribution >= 4 is 5.91 Å². The highest BCUT2D eigenvalue weighted by atomic mass is 16.7. The lowest BCUT2D eigenvalue weighted by Gasteiger charge is -2.42. The SMILES string of the molecule is CCCCCCCCCCCCCCCC(=O)NCc1ccc(C2OC(CN(C)CC(O)c3cccc(O)c3)C(C)C(c3ccc(CO)cc3)O2)cc1. The minimum Gasteiger partial charge on any atom is -0.508 e. The van der Waals surface area contributed by atoms with Crippen LogP contribution in [0.2, 0.25) is 0 Å². The summed E-state index contributed by atoms with van der Waals surface area (Å²) in [4.78, 5) is 14.6. The van der Waals surface area contributed by atoms with E-state index >= 15 is 0 Å². The van der Waals surface area contributed by atoms with E-state index in [4.69, 9.17) is 9.47 Å². The van der Waals surface area contributed by atoms with Gasteiger partial charge in [0.2, 0.25) is 5.91 Å². The molecule has 5 unspecified atom stereocenters. The minimum atomic E-state index is -0.762. The van der Waals surface area contributed by atoms with E-state index in [2.05, 4.69) is 19.2 Å². The maximum atomic E-state index is 12.6. The molecule has 3 aromatic carbocycles. The fourth-order valence-electron chi connectivity index (χ4n) is 7.23. The molecular weight excluding hydrogens is 665 g/mol. The summed E-state index contributed by atoms with van der Waals surface area (Å²) in [6.45, 7) is 5.78. The number of aliphatic hydroxyl groups is 2. The van der Waals surface area contributed by atoms with Crippen LogP contribution in [0.4, 0.5) is 0 Å². The third kappa shape index (κ3) is 14.8. The van der Waals surface area contributed by atoms with Gasteiger partial charge in [0.25, 0.3) is 0 Å². The second-order valence-corrected chi connectivity index (χ2v) is 15.2. The summed E-state index contributed by atoms with van der Waals surface area (Å²) in [6, 6.07) is 22.6. The first-order valence-corrected chi connectivity index (χ1v) is 20.3. The molecule has 0 spiro atoms. The smallest absolute Gasteiger partial charge is 0.220 e. The van der Waals surface area contributed by atoms with Gasteiger partial charge in [-0.2, -0.15) is 0 Å². The Morgan fingerprint density at radius 3 is 1.98 bits per heavy atom. The molecule has 1 fully saturated rings. The van der Waals surface area contributed by atoms with E-state index in [-0.39, 0.29) is 36.4 Å². The lowest BCUT2D eigenvalue weighted by atomic mass is 9.90. The maximum absolute atomic E-state index is 12.6. The average molecular weight is 731 g/mol. The van der Waals surface area contributed by atoms with Crippen molar-refractivity contribution in [1.82, 2.24) is 10.2 Å². The van der Waals surface area contributed by atoms with Gasteiger partial charge in [-0.1, -0.05) is 152 Å². The van der Waals surface area contributed by atoms with Crippen LogP contribution in [0.15, 0.2) is 72.8 Å². The normalized spacial score (nSPS) is 19.4. The topological polar surface area (TPSA) is 111 Å². The van der Waals surface area contributed by atoms with Crippen molar-refractivity contribution in [3.8, 4) is 5.75 Å². The number of nitrogens with one attached hydrogen (secondary N) is 1. The summed E-state index contributed by atoms with van der Waals surface area (Å²) in [7, 11) is 1.96. The molecule has 1 saturated heterocycles. The van der Waals surface area contributed by atoms with Crippen LogP contribution in [0, 0.1) is 5.92 Å². The maximum Gasteiger partial charge on any atom is 0.220 e. The number of likely N-dealkylation sites (N-methyl/N-ethyl adjacent to an activating group) is 1. The van der Waals surface area contributed by atoms with Crippen LogP contribution in [-0.4, -0.2) is 52.4 Å². The molecule has 0 aliphatic carbocycles. The van der Waals surface area contributed by atoms with Crippen molar-refractivity contribution in [3.05, 3.63) is 101 Å². The number of hydrogen-bond acceptors (Lipinski definition) is 7. The Morgan fingerprint density at radius 1 is 0.792 bits per heavy atom. The van der Waals surface area contributed by atoms with E-state index < -0.39 is 12.4 Å². The molecule has 1 heterocycles. The van der Waals surface area contributed by atoms with Gasteiger partial charge in [-0.15, -0.1) is 0 Å². The van der Waals surface area contributed by atoms with Crippen LogP contribution in [0.1, 0.15) is 150 Å². The van der Waals surface area contributed by atoms with Gasteiger partial charge in [0.1, 0.15) is 5.75 Å². The van der Waals surface area contributed by atoms with Crippen molar-refractivity contribution in [3.63, 3.8) is 0 Å². The quantitative estimate of drug-likeness (QED) is 0.0680. The first-order chi connectivity index (χ1) is 25.8. The van der Waals surface area contributed by atoms with Crippen LogP contribution < -0.4 is 5.32 Å². The second-order valence-electron chi connectivity index (χ2n) is 15.2. The van der Waals surface area contributed by atoms with E-state index in [1.165, 1.54) is 70.6 Å². The van der Waals surface area contributed by atoms with Crippen LogP contribution in [0.25, 0.3) is 0 Å². The highest BCUT2D eigenvalue weighted by Gasteiger charge is 2.39. The number of carbonyl (C=O) groups is 1. The molecule has 0 radical (unpaired) electrons. The molecule has 53 heavy (non-hydrogen) atoms. The summed E-state index contributed by atoms with van der Waals surface area (Å²) >= 11 is 0. The van der Waals surface area contributed by atoms with Crippen LogP contribution in [0.3, 0.4) is 0 Å². The number of benzene rings is 3. The summed E-state index contributed by atoms with van der Waals surface area (Å²) in [6.07, 6.45) is 15.5. The molecule has 4 rings (SSSR count). The molecule has 1 aliphatic rings. The Kier molecular flexibility index (Phi) is 18.8. The number of rotatable bonds is 24. The van der Waals surface area contributed by atoms with Gasteiger partial charge >= 0.3 is 0 Å². The van der Waals surface area contributed by atoms with Crippen molar-refractivity contribution in [2.45, 2.75) is 141 Å². The summed E-state index contributed by atoms with van der Waals surface area (Å²) in [5.74, 6) is 0.221. The molecule has 4 N–H and O–H groups in total. The van der Waals surface area contributed by atoms with E-state index in [1.54, 1.807) is 18.2 Å². The van der Waals surface area contributed by atoms with Crippen LogP contribution >= 0.6 is 0 Å². The number of phenolic OH excluding ortho intramolecular Hbond substituents is 1. The lowest BCUT2D eigenvalue weighted by molar-refractivity contribution is -0.276. The zero-order valence-corrected chi connectivity index (χ0v) is 32.6. The molecule has 292 valence electrons. The highest BCUT2D eigenvalue weighted by Crippen LogP contribution is 2.42. The number of phenols is 1. The number of amides is 1. The van der Waals surface area contributed by atoms with Crippen molar-refractivity contribution in [2.24, 2.45) is 5.92 Å². The average Bonchev–Trinajstić information content (AvgIpc) is 3.17. The van der Waals surface area contributed by atoms with Gasteiger partial charge in [0.15, 0.2) is 6.29 Å². The molecule has 0 bridgehead atoms. The number of unbranched alkanes of at least 4 members (excludes halogenated alkanes) is 12. The highest BCUT2D eigenvalue weighted by molar-refractivity contribution is 5.75. The zero-order valence-electron chi connectivity index (χ0n) is 32.6. The first kappa shape index (κ1) is 42.5. The molecule has 1 amide bonds. The van der Waals surface area contributed by atoms with Gasteiger partial charge in [0, 0.05) is 37.5 Å². The number of aliphatic hydroxyl groups excluding tert-OH is 2. The summed E-state index contributed by atoms with van der Waals surface area (Å²) in [5.41, 5.74) is 4.43. The number of carbonyl (C=O) groups excluding carboxylic acids is 1. The number of hydrogen-bond donors (Lipinski definition) is 4. The van der Waals surface area contributed by atoms with Crippen molar-refractivity contribution in [2.75, 3.05) is 20.1 Å². The Hall–Kier alpha value is -3.27. The first-order valence-electron chi connectivity index (χ1n) is 20.3. The number of nitrogens with zero attached hydrogens (tertiary/aromatic N) is 1. The van der Waals surface area contributed by atoms with Gasteiger partial charge in [-0.3, -0.25) is 4.79 Å². The third-order valence-electron chi connectivity index (χ3n) is 10.6. The molecular formula is C45H66N2O6. The number of ether oxygens (including phenoxy) is 2. The summed E-state index contributed by atoms with van der Waals surface area (Å²) < 4.78 is 13.2. The van der Waals surface area contributed by atoms with Crippen molar-refractivity contribution in [1.29, 1.82) is 0 Å². The Balaban J connectivity index is 1.24. The molecule has 8 nitrogen and oxygen atoms in total. The molecule has 3 aromatic rings. The molecule has 0 aromatic heterocycles. The summed E-state index contributed by atoms with van der Waals surface area (Å²) in [5, 5.41) is 33.4. The standard InChI is InChI=1S/C45H66N2O6/c1-4-5-6-7-8-9-10-11-12-13-14-15-16-20-43(51)46-30-35-21-27-38(28-22-35)45-52-42(32-47(3)31-41(50)39-18-17-19-40(49)29-39)34(2)44(53-45)37-25-23-36(33-48)24-26-37/h17-19,21-29,34,41-42,44-45,48-50H,4-16,20,30-33H2,1-3H3,(H,46,51). The van der Waals surface area contributed by atoms with Crippen LogP contribution in [-0.2, 0) is 27.4 Å². The predicted molar refractivity (Wildman–Crippen MR) is 212 cm³/mol. The predicted octanol–water partition coefficient (Wildman–Crippen LogP) is 9.44. The Bertz CT molecular complexity index is 1450. The van der Waals surface area contributed by atoms with E-state index in [1.807, 2.05) is 66.5 Å². The Labute approximate surface area is 318 Å². The fraction of sp³-hybridized carbons (Fsp3) is 0.578. The van der Waals surface area contributed by atoms with Gasteiger partial charge in [-0.05, 0) is 47.9 Å². The van der Waals surface area contributed by atoms with Crippen molar-refractivity contribution < 1.29 is 29.6 Å². The van der Waals surface area contributed by atoms with E-state index in [9.17, 15) is 20.1 Å². The van der Waals surface area contributed by atoms with Crippen LogP contribution in [0.5, 0.6) is 5.75 Å². The number of aromatic hydroxyl groups is 1. The lowest BCUT2D eigenvalue weighted by Crippen LogP contribution is -2.44. The largest absolute Gasteiger partial charge is 0.508 e.